The van der Waals surface area contributed by atoms with Crippen molar-refractivity contribution in [2.24, 2.45) is 0 Å². The fraction of sp³-hybridized carbons (Fsp3) is 0.417. The van der Waals surface area contributed by atoms with Crippen molar-refractivity contribution >= 4 is 5.97 Å². The van der Waals surface area contributed by atoms with Gasteiger partial charge in [0.15, 0.2) is 0 Å². The van der Waals surface area contributed by atoms with Gasteiger partial charge in [0.2, 0.25) is 0 Å². The van der Waals surface area contributed by atoms with Crippen molar-refractivity contribution in [3.8, 4) is 6.07 Å². The van der Waals surface area contributed by atoms with Gasteiger partial charge >= 0.3 is 5.97 Å². The number of nitrogens with zero attached hydrogens (tertiary/aromatic N) is 2. The van der Waals surface area contributed by atoms with Crippen molar-refractivity contribution in [1.82, 2.24) is 4.57 Å². The van der Waals surface area contributed by atoms with Crippen LogP contribution in [0.15, 0.2) is 16.9 Å². The molecule has 1 heterocycles. The van der Waals surface area contributed by atoms with Crippen LogP contribution < -0.4 is 5.56 Å². The molecule has 0 aliphatic rings. The summed E-state index contributed by atoms with van der Waals surface area (Å²) in [5, 5.41) is 17.6. The van der Waals surface area contributed by atoms with E-state index in [4.69, 9.17) is 10.4 Å². The summed E-state index contributed by atoms with van der Waals surface area (Å²) in [5.74, 6) is -1.10. The summed E-state index contributed by atoms with van der Waals surface area (Å²) in [6, 6.07) is 4.82. The maximum absolute atomic E-state index is 11.9. The smallest absolute Gasteiger partial charge is 0.323 e. The first-order valence-electron chi connectivity index (χ1n) is 5.13. The van der Waals surface area contributed by atoms with Crippen LogP contribution in [-0.4, -0.2) is 15.6 Å². The molecule has 0 bridgehead atoms. The third-order valence-electron chi connectivity index (χ3n) is 2.36. The molecule has 1 N–H and O–H groups in total. The van der Waals surface area contributed by atoms with Gasteiger partial charge < -0.3 is 5.11 Å². The quantitative estimate of drug-likeness (QED) is 0.830. The zero-order valence-electron chi connectivity index (χ0n) is 10.0. The fourth-order valence-electron chi connectivity index (χ4n) is 1.61. The fourth-order valence-corrected chi connectivity index (χ4v) is 1.61. The van der Waals surface area contributed by atoms with Crippen molar-refractivity contribution in [1.29, 1.82) is 5.26 Å². The second-order valence-electron chi connectivity index (χ2n) is 4.78. The predicted octanol–water partition coefficient (Wildman–Crippen LogP) is 1.10. The summed E-state index contributed by atoms with van der Waals surface area (Å²) in [6.07, 6.45) is 0. The number of hydrogen-bond acceptors (Lipinski definition) is 3. The summed E-state index contributed by atoms with van der Waals surface area (Å²) in [4.78, 5) is 22.6. The number of carboxylic acids is 1. The zero-order valence-corrected chi connectivity index (χ0v) is 10.0. The number of nitriles is 1. The molecule has 0 aliphatic heterocycles. The van der Waals surface area contributed by atoms with Crippen LogP contribution in [0.25, 0.3) is 0 Å². The summed E-state index contributed by atoms with van der Waals surface area (Å²) >= 11 is 0. The molecule has 5 heteroatoms. The topological polar surface area (TPSA) is 83.1 Å². The summed E-state index contributed by atoms with van der Waals surface area (Å²) in [6.45, 7) is 5.21. The minimum atomic E-state index is -1.10. The monoisotopic (exact) mass is 234 g/mol. The lowest BCUT2D eigenvalue weighted by Crippen LogP contribution is -2.33. The van der Waals surface area contributed by atoms with Crippen LogP contribution in [0.2, 0.25) is 0 Å². The molecule has 1 rings (SSSR count). The molecule has 90 valence electrons. The molecule has 17 heavy (non-hydrogen) atoms. The Balaban J connectivity index is 3.54. The molecule has 0 amide bonds. The molecule has 0 saturated carbocycles. The van der Waals surface area contributed by atoms with Gasteiger partial charge in [-0.25, -0.2) is 0 Å². The van der Waals surface area contributed by atoms with Crippen molar-refractivity contribution in [2.75, 3.05) is 0 Å². The van der Waals surface area contributed by atoms with E-state index in [1.54, 1.807) is 12.1 Å². The molecule has 1 aromatic rings. The summed E-state index contributed by atoms with van der Waals surface area (Å²) in [7, 11) is 0. The third-order valence-corrected chi connectivity index (χ3v) is 2.36. The average Bonchev–Trinajstić information content (AvgIpc) is 2.18. The lowest BCUT2D eigenvalue weighted by Gasteiger charge is -2.23. The van der Waals surface area contributed by atoms with Gasteiger partial charge in [-0.15, -0.1) is 0 Å². The number of pyridine rings is 1. The van der Waals surface area contributed by atoms with E-state index in [9.17, 15) is 9.59 Å². The molecule has 0 unspecified atom stereocenters. The maximum Gasteiger partial charge on any atom is 0.323 e. The highest BCUT2D eigenvalue weighted by atomic mass is 16.4. The van der Waals surface area contributed by atoms with Crippen LogP contribution in [-0.2, 0) is 16.8 Å². The Hall–Kier alpha value is -2.09. The van der Waals surface area contributed by atoms with Gasteiger partial charge in [-0.1, -0.05) is 20.8 Å². The van der Waals surface area contributed by atoms with Gasteiger partial charge in [0.05, 0.1) is 0 Å². The van der Waals surface area contributed by atoms with Crippen LogP contribution in [0, 0.1) is 11.3 Å². The molecule has 1 aromatic heterocycles. The number of carboxylic acid groups (broad SMARTS) is 1. The van der Waals surface area contributed by atoms with Crippen molar-refractivity contribution in [3.05, 3.63) is 33.7 Å². The Labute approximate surface area is 98.9 Å². The third kappa shape index (κ3) is 2.72. The molecule has 0 fully saturated rings. The summed E-state index contributed by atoms with van der Waals surface area (Å²) in [5.41, 5.74) is -0.353. The number of rotatable bonds is 2. The van der Waals surface area contributed by atoms with Crippen LogP contribution in [0.5, 0.6) is 0 Å². The van der Waals surface area contributed by atoms with Gasteiger partial charge in [-0.05, 0) is 12.1 Å². The largest absolute Gasteiger partial charge is 0.480 e. The normalized spacial score (nSPS) is 10.9. The van der Waals surface area contributed by atoms with Crippen LogP contribution >= 0.6 is 0 Å². The number of hydrogen-bond donors (Lipinski definition) is 1. The lowest BCUT2D eigenvalue weighted by molar-refractivity contribution is -0.137. The number of carbonyl (C=O) groups is 1. The lowest BCUT2D eigenvalue weighted by atomic mass is 9.91. The molecule has 0 spiro atoms. The van der Waals surface area contributed by atoms with Crippen LogP contribution in [0.4, 0.5) is 0 Å². The first-order chi connectivity index (χ1) is 7.77. The SMILES string of the molecule is CC(C)(C)c1ccc(C#N)c(=O)n1CC(=O)O. The number of aromatic nitrogens is 1. The van der Waals surface area contributed by atoms with E-state index in [0.717, 1.165) is 4.57 Å². The van der Waals surface area contributed by atoms with Crippen LogP contribution in [0.3, 0.4) is 0 Å². The first kappa shape index (κ1) is 13.0. The van der Waals surface area contributed by atoms with Crippen molar-refractivity contribution < 1.29 is 9.90 Å². The average molecular weight is 234 g/mol. The minimum absolute atomic E-state index is 0.0424. The Morgan fingerprint density at radius 3 is 2.47 bits per heavy atom. The van der Waals surface area contributed by atoms with E-state index >= 15 is 0 Å². The van der Waals surface area contributed by atoms with E-state index in [2.05, 4.69) is 0 Å². The Morgan fingerprint density at radius 1 is 1.47 bits per heavy atom. The zero-order chi connectivity index (χ0) is 13.2. The van der Waals surface area contributed by atoms with Gasteiger partial charge in [0.1, 0.15) is 18.2 Å². The van der Waals surface area contributed by atoms with Gasteiger partial charge in [0.25, 0.3) is 5.56 Å². The highest BCUT2D eigenvalue weighted by Gasteiger charge is 2.21. The van der Waals surface area contributed by atoms with E-state index < -0.39 is 18.1 Å². The van der Waals surface area contributed by atoms with Crippen molar-refractivity contribution in [3.63, 3.8) is 0 Å². The van der Waals surface area contributed by atoms with E-state index in [0.29, 0.717) is 5.69 Å². The molecule has 0 aliphatic carbocycles. The van der Waals surface area contributed by atoms with Gasteiger partial charge in [-0.3, -0.25) is 14.2 Å². The van der Waals surface area contributed by atoms with Gasteiger partial charge in [-0.2, -0.15) is 5.26 Å². The first-order valence-corrected chi connectivity index (χ1v) is 5.13. The van der Waals surface area contributed by atoms with Crippen LogP contribution in [0.1, 0.15) is 32.0 Å². The minimum Gasteiger partial charge on any atom is -0.480 e. The molecular formula is C12H14N2O3. The Morgan fingerprint density at radius 2 is 2.06 bits per heavy atom. The molecule has 0 aromatic carbocycles. The van der Waals surface area contributed by atoms with Gasteiger partial charge in [0, 0.05) is 11.1 Å². The number of aliphatic carboxylic acids is 1. The Bertz CT molecular complexity index is 544. The second-order valence-corrected chi connectivity index (χ2v) is 4.78. The molecule has 5 nitrogen and oxygen atoms in total. The maximum atomic E-state index is 11.9. The Kier molecular flexibility index (Phi) is 3.37. The summed E-state index contributed by atoms with van der Waals surface area (Å²) < 4.78 is 1.14. The predicted molar refractivity (Wildman–Crippen MR) is 61.8 cm³/mol. The molecule has 0 saturated heterocycles. The van der Waals surface area contributed by atoms with E-state index in [-0.39, 0.29) is 11.0 Å². The highest BCUT2D eigenvalue weighted by molar-refractivity contribution is 5.66. The standard InChI is InChI=1S/C12H14N2O3/c1-12(2,3)9-5-4-8(6-13)11(17)14(9)7-10(15)16/h4-5H,7H2,1-3H3,(H,15,16). The van der Waals surface area contributed by atoms with Crippen molar-refractivity contribution in [2.45, 2.75) is 32.7 Å². The molecule has 0 radical (unpaired) electrons. The van der Waals surface area contributed by atoms with E-state index in [1.165, 1.54) is 6.07 Å². The second kappa shape index (κ2) is 4.42. The van der Waals surface area contributed by atoms with E-state index in [1.807, 2.05) is 20.8 Å². The molecule has 0 atom stereocenters. The highest BCUT2D eigenvalue weighted by Crippen LogP contribution is 2.21. The molecular weight excluding hydrogens is 220 g/mol.